The molecule has 0 aliphatic rings. The van der Waals surface area contributed by atoms with E-state index in [4.69, 9.17) is 17.3 Å². The van der Waals surface area contributed by atoms with Crippen LogP contribution in [0.25, 0.3) is 11.3 Å². The molecule has 0 unspecified atom stereocenters. The first-order valence-corrected chi connectivity index (χ1v) is 6.82. The van der Waals surface area contributed by atoms with Crippen molar-refractivity contribution in [1.82, 2.24) is 4.98 Å². The summed E-state index contributed by atoms with van der Waals surface area (Å²) < 4.78 is 40.2. The fourth-order valence-electron chi connectivity index (χ4n) is 2.19. The first kappa shape index (κ1) is 19.1. The van der Waals surface area contributed by atoms with E-state index in [2.05, 4.69) is 4.98 Å². The number of nitro benzene ring substituents is 1. The second-order valence-corrected chi connectivity index (χ2v) is 5.13. The molecule has 2 rings (SSSR count). The zero-order valence-electron chi connectivity index (χ0n) is 12.3. The minimum Gasteiger partial charge on any atom is -0.365 e. The average molecular weight is 391 g/mol. The van der Waals surface area contributed by atoms with Gasteiger partial charge in [0.05, 0.1) is 15.4 Å². The van der Waals surface area contributed by atoms with E-state index >= 15 is 0 Å². The van der Waals surface area contributed by atoms with E-state index in [0.29, 0.717) is 0 Å². The Balaban J connectivity index is 2.98. The van der Waals surface area contributed by atoms with Crippen molar-refractivity contribution in [2.45, 2.75) is 6.18 Å². The Bertz CT molecular complexity index is 948. The minimum absolute atomic E-state index is 0.366. The van der Waals surface area contributed by atoms with E-state index in [0.717, 1.165) is 24.3 Å². The molecule has 0 saturated carbocycles. The fourth-order valence-corrected chi connectivity index (χ4v) is 2.47. The smallest absolute Gasteiger partial charge is 0.365 e. The number of carbonyl (C=O) groups is 1. The van der Waals surface area contributed by atoms with Gasteiger partial charge < -0.3 is 5.73 Å². The molecule has 0 radical (unpaired) electrons. The van der Waals surface area contributed by atoms with Crippen LogP contribution in [0, 0.1) is 20.2 Å². The molecule has 0 atom stereocenters. The summed E-state index contributed by atoms with van der Waals surface area (Å²) in [5.41, 5.74) is -1.86. The number of alkyl halides is 3. The van der Waals surface area contributed by atoms with Gasteiger partial charge >= 0.3 is 11.9 Å². The maximum absolute atomic E-state index is 13.4. The Kier molecular flexibility index (Phi) is 4.80. The largest absolute Gasteiger partial charge is 0.423 e. The molecule has 136 valence electrons. The van der Waals surface area contributed by atoms with Crippen LogP contribution in [0.4, 0.5) is 24.5 Å². The molecule has 0 spiro atoms. The third-order valence-corrected chi connectivity index (χ3v) is 3.44. The van der Waals surface area contributed by atoms with Crippen LogP contribution in [0.2, 0.25) is 5.15 Å². The molecule has 2 aromatic rings. The first-order chi connectivity index (χ1) is 11.9. The number of rotatable bonds is 4. The Morgan fingerprint density at radius 1 is 1.19 bits per heavy atom. The van der Waals surface area contributed by atoms with Crippen LogP contribution in [0.5, 0.6) is 0 Å². The lowest BCUT2D eigenvalue weighted by Crippen LogP contribution is -2.22. The van der Waals surface area contributed by atoms with Crippen molar-refractivity contribution in [3.63, 3.8) is 0 Å². The Morgan fingerprint density at radius 2 is 1.81 bits per heavy atom. The van der Waals surface area contributed by atoms with E-state index in [9.17, 15) is 38.2 Å². The third-order valence-electron chi connectivity index (χ3n) is 3.17. The topological polar surface area (TPSA) is 142 Å². The molecule has 1 aromatic carbocycles. The van der Waals surface area contributed by atoms with Crippen molar-refractivity contribution >= 4 is 28.9 Å². The van der Waals surface area contributed by atoms with Gasteiger partial charge in [-0.1, -0.05) is 23.7 Å². The number of benzene rings is 1. The van der Waals surface area contributed by atoms with Crippen LogP contribution in [0.1, 0.15) is 15.9 Å². The molecule has 0 bridgehead atoms. The molecule has 1 aromatic heterocycles. The summed E-state index contributed by atoms with van der Waals surface area (Å²) in [6, 6.07) is 3.99. The number of hydrogen-bond acceptors (Lipinski definition) is 6. The van der Waals surface area contributed by atoms with Crippen LogP contribution in [0.3, 0.4) is 0 Å². The van der Waals surface area contributed by atoms with Crippen LogP contribution in [0.15, 0.2) is 24.3 Å². The maximum atomic E-state index is 13.4. The number of halogens is 4. The minimum atomic E-state index is -5.37. The highest BCUT2D eigenvalue weighted by Gasteiger charge is 2.46. The second kappa shape index (κ2) is 6.55. The quantitative estimate of drug-likeness (QED) is 0.482. The number of aromatic nitrogens is 1. The molecule has 0 aliphatic heterocycles. The van der Waals surface area contributed by atoms with Gasteiger partial charge in [0.15, 0.2) is 11.3 Å². The molecule has 2 N–H and O–H groups in total. The van der Waals surface area contributed by atoms with Gasteiger partial charge in [-0.2, -0.15) is 13.2 Å². The predicted molar refractivity (Wildman–Crippen MR) is 81.5 cm³/mol. The van der Waals surface area contributed by atoms with Crippen molar-refractivity contribution in [2.24, 2.45) is 5.73 Å². The zero-order valence-corrected chi connectivity index (χ0v) is 13.0. The van der Waals surface area contributed by atoms with Crippen molar-refractivity contribution in [3.8, 4) is 11.3 Å². The van der Waals surface area contributed by atoms with Crippen LogP contribution in [-0.4, -0.2) is 20.7 Å². The summed E-state index contributed by atoms with van der Waals surface area (Å²) >= 11 is 5.60. The van der Waals surface area contributed by atoms with Crippen molar-refractivity contribution < 1.29 is 27.8 Å². The van der Waals surface area contributed by atoms with E-state index in [1.165, 1.54) is 0 Å². The molecular weight excluding hydrogens is 385 g/mol. The van der Waals surface area contributed by atoms with Crippen molar-refractivity contribution in [1.29, 1.82) is 0 Å². The monoisotopic (exact) mass is 390 g/mol. The number of pyridine rings is 1. The summed E-state index contributed by atoms with van der Waals surface area (Å²) in [4.78, 5) is 34.7. The second-order valence-electron chi connectivity index (χ2n) is 4.78. The highest BCUT2D eigenvalue weighted by molar-refractivity contribution is 6.33. The molecular formula is C13H6ClF3N4O5. The summed E-state index contributed by atoms with van der Waals surface area (Å²) in [6.45, 7) is 0. The van der Waals surface area contributed by atoms with Gasteiger partial charge in [-0.15, -0.1) is 0 Å². The van der Waals surface area contributed by atoms with E-state index in [1.807, 2.05) is 0 Å². The molecule has 1 amide bonds. The lowest BCUT2D eigenvalue weighted by atomic mass is 10.0. The number of hydrogen-bond donors (Lipinski definition) is 1. The number of carbonyl (C=O) groups excluding carboxylic acids is 1. The maximum Gasteiger partial charge on any atom is 0.423 e. The number of non-ortho nitro benzene ring substituents is 1. The Labute approximate surface area is 146 Å². The van der Waals surface area contributed by atoms with Crippen molar-refractivity contribution in [2.75, 3.05) is 0 Å². The van der Waals surface area contributed by atoms with Gasteiger partial charge in [0.25, 0.3) is 11.6 Å². The summed E-state index contributed by atoms with van der Waals surface area (Å²) in [7, 11) is 0. The van der Waals surface area contributed by atoms with Gasteiger partial charge in [0.2, 0.25) is 0 Å². The van der Waals surface area contributed by atoms with Crippen molar-refractivity contribution in [3.05, 3.63) is 60.8 Å². The molecule has 0 aliphatic carbocycles. The van der Waals surface area contributed by atoms with E-state index in [-0.39, 0.29) is 5.56 Å². The lowest BCUT2D eigenvalue weighted by Gasteiger charge is -2.14. The van der Waals surface area contributed by atoms with E-state index in [1.54, 1.807) is 0 Å². The number of nitro groups is 2. The summed E-state index contributed by atoms with van der Waals surface area (Å²) in [5, 5.41) is 21.1. The summed E-state index contributed by atoms with van der Waals surface area (Å²) in [6.07, 6.45) is -5.37. The molecule has 9 nitrogen and oxygen atoms in total. The molecule has 0 saturated heterocycles. The van der Waals surface area contributed by atoms with Gasteiger partial charge in [0, 0.05) is 17.7 Å². The number of primary amides is 1. The molecule has 13 heteroatoms. The SMILES string of the molecule is NC(=O)c1c(Cl)nc(-c2cccc([N+](=O)[O-])c2)c([N+](=O)[O-])c1C(F)(F)F. The fraction of sp³-hybridized carbons (Fsp3) is 0.0769. The highest BCUT2D eigenvalue weighted by Crippen LogP contribution is 2.45. The molecule has 1 heterocycles. The molecule has 0 fully saturated rings. The Morgan fingerprint density at radius 3 is 2.27 bits per heavy atom. The number of amides is 1. The van der Waals surface area contributed by atoms with Gasteiger partial charge in [-0.25, -0.2) is 4.98 Å². The predicted octanol–water partition coefficient (Wildman–Crippen LogP) is 3.34. The van der Waals surface area contributed by atoms with Gasteiger partial charge in [-0.3, -0.25) is 25.0 Å². The highest BCUT2D eigenvalue weighted by atomic mass is 35.5. The lowest BCUT2D eigenvalue weighted by molar-refractivity contribution is -0.387. The first-order valence-electron chi connectivity index (χ1n) is 6.44. The van der Waals surface area contributed by atoms with Gasteiger partial charge in [0.1, 0.15) is 5.15 Å². The average Bonchev–Trinajstić information content (AvgIpc) is 2.52. The summed E-state index contributed by atoms with van der Waals surface area (Å²) in [5.74, 6) is -1.66. The van der Waals surface area contributed by atoms with Gasteiger partial charge in [-0.05, 0) is 0 Å². The van der Waals surface area contributed by atoms with E-state index < -0.39 is 55.3 Å². The van der Waals surface area contributed by atoms with Crippen LogP contribution >= 0.6 is 11.6 Å². The third kappa shape index (κ3) is 3.39. The van der Waals surface area contributed by atoms with Crippen LogP contribution < -0.4 is 5.73 Å². The zero-order chi connectivity index (χ0) is 19.8. The number of nitrogens with zero attached hydrogens (tertiary/aromatic N) is 3. The standard InChI is InChI=1S/C13H6ClF3N4O5/c14-11-7(12(18)22)8(13(15,16)17)10(21(25)26)9(19-11)5-2-1-3-6(4-5)20(23)24/h1-4H,(H2,18,22). The normalized spacial score (nSPS) is 11.2. The number of nitrogens with two attached hydrogens (primary N) is 1. The Hall–Kier alpha value is -3.28. The van der Waals surface area contributed by atoms with Crippen LogP contribution in [-0.2, 0) is 6.18 Å². The molecule has 26 heavy (non-hydrogen) atoms.